The van der Waals surface area contributed by atoms with E-state index in [1.54, 1.807) is 0 Å². The van der Waals surface area contributed by atoms with E-state index in [1.807, 2.05) is 13.0 Å². The number of benzene rings is 1. The molecule has 0 aromatic heterocycles. The molecule has 2 rings (SSSR count). The van der Waals surface area contributed by atoms with Crippen molar-refractivity contribution in [3.63, 3.8) is 0 Å². The number of carbonyl (C=O) groups is 1. The molecule has 0 radical (unpaired) electrons. The van der Waals surface area contributed by atoms with Crippen molar-refractivity contribution >= 4 is 17.6 Å². The third-order valence-electron chi connectivity index (χ3n) is 3.70. The van der Waals surface area contributed by atoms with E-state index >= 15 is 0 Å². The predicted molar refractivity (Wildman–Crippen MR) is 72.5 cm³/mol. The van der Waals surface area contributed by atoms with Crippen LogP contribution in [0, 0.1) is 0 Å². The zero-order valence-electron chi connectivity index (χ0n) is 11.2. The predicted octanol–water partition coefficient (Wildman–Crippen LogP) is 3.04. The zero-order chi connectivity index (χ0) is 14.2. The molecule has 1 N–H and O–H groups in total. The molecule has 19 heavy (non-hydrogen) atoms. The first-order valence-corrected chi connectivity index (χ1v) is 6.56. The summed E-state index contributed by atoms with van der Waals surface area (Å²) in [6, 6.07) is 1.81. The highest BCUT2D eigenvalue weighted by atomic mass is 35.5. The lowest BCUT2D eigenvalue weighted by molar-refractivity contribution is -0.140. The highest BCUT2D eigenvalue weighted by Gasteiger charge is 2.55. The van der Waals surface area contributed by atoms with Crippen LogP contribution in [-0.2, 0) is 16.6 Å². The molecule has 5 heteroatoms. The Morgan fingerprint density at radius 3 is 2.42 bits per heavy atom. The molecule has 104 valence electrons. The molecular formula is C14H17ClO4. The first kappa shape index (κ1) is 14.0. The molecule has 0 bridgehead atoms. The summed E-state index contributed by atoms with van der Waals surface area (Å²) in [6.07, 6.45) is 1.87. The van der Waals surface area contributed by atoms with Gasteiger partial charge in [-0.3, -0.25) is 4.79 Å². The molecule has 0 atom stereocenters. The van der Waals surface area contributed by atoms with Gasteiger partial charge in [-0.1, -0.05) is 18.5 Å². The van der Waals surface area contributed by atoms with Gasteiger partial charge in [0.1, 0.15) is 0 Å². The van der Waals surface area contributed by atoms with E-state index in [-0.39, 0.29) is 0 Å². The van der Waals surface area contributed by atoms with Crippen molar-refractivity contribution in [2.75, 3.05) is 14.2 Å². The van der Waals surface area contributed by atoms with E-state index in [9.17, 15) is 9.90 Å². The molecule has 0 aliphatic heterocycles. The van der Waals surface area contributed by atoms with Gasteiger partial charge >= 0.3 is 5.97 Å². The van der Waals surface area contributed by atoms with Gasteiger partial charge in [0.25, 0.3) is 0 Å². The second-order valence-corrected chi connectivity index (χ2v) is 5.08. The van der Waals surface area contributed by atoms with Gasteiger partial charge in [0, 0.05) is 5.56 Å². The zero-order valence-corrected chi connectivity index (χ0v) is 12.0. The molecule has 0 heterocycles. The number of aryl methyl sites for hydroxylation is 1. The topological polar surface area (TPSA) is 55.8 Å². The van der Waals surface area contributed by atoms with Gasteiger partial charge in [0.15, 0.2) is 11.5 Å². The summed E-state index contributed by atoms with van der Waals surface area (Å²) in [5.74, 6) is 0.110. The van der Waals surface area contributed by atoms with E-state index in [4.69, 9.17) is 21.1 Å². The number of hydrogen-bond donors (Lipinski definition) is 1. The van der Waals surface area contributed by atoms with Crippen molar-refractivity contribution in [2.24, 2.45) is 0 Å². The maximum atomic E-state index is 11.5. The fraction of sp³-hybridized carbons (Fsp3) is 0.500. The largest absolute Gasteiger partial charge is 0.493 e. The fourth-order valence-electron chi connectivity index (χ4n) is 2.41. The fourth-order valence-corrected chi connectivity index (χ4v) is 2.86. The minimum atomic E-state index is -0.916. The summed E-state index contributed by atoms with van der Waals surface area (Å²) >= 11 is 6.39. The van der Waals surface area contributed by atoms with Crippen LogP contribution in [-0.4, -0.2) is 25.3 Å². The number of hydrogen-bond acceptors (Lipinski definition) is 3. The van der Waals surface area contributed by atoms with Crippen LogP contribution < -0.4 is 9.47 Å². The number of aliphatic carboxylic acids is 1. The van der Waals surface area contributed by atoms with Gasteiger partial charge in [-0.25, -0.2) is 0 Å². The second kappa shape index (κ2) is 4.93. The SMILES string of the molecule is CCc1cc(OC)c(OC)c(C2(C(=O)O)CC2)c1Cl. The highest BCUT2D eigenvalue weighted by Crippen LogP contribution is 2.56. The molecule has 0 amide bonds. The van der Waals surface area contributed by atoms with Crippen LogP contribution in [0.15, 0.2) is 6.07 Å². The molecule has 4 nitrogen and oxygen atoms in total. The van der Waals surface area contributed by atoms with Crippen LogP contribution in [0.5, 0.6) is 11.5 Å². The van der Waals surface area contributed by atoms with Gasteiger partial charge in [-0.15, -0.1) is 0 Å². The van der Waals surface area contributed by atoms with Gasteiger partial charge in [0.2, 0.25) is 0 Å². The standard InChI is InChI=1S/C14H17ClO4/c1-4-8-7-9(18-2)12(19-3)10(11(8)15)14(5-6-14)13(16)17/h7H,4-6H2,1-3H3,(H,16,17). The minimum Gasteiger partial charge on any atom is -0.493 e. The second-order valence-electron chi connectivity index (χ2n) is 4.70. The molecule has 1 aromatic carbocycles. The average Bonchev–Trinajstić information content (AvgIpc) is 3.19. The van der Waals surface area contributed by atoms with Crippen LogP contribution in [0.1, 0.15) is 30.9 Å². The number of halogens is 1. The number of carboxylic acid groups (broad SMARTS) is 1. The molecule has 0 unspecified atom stereocenters. The Morgan fingerprint density at radius 2 is 2.05 bits per heavy atom. The number of methoxy groups -OCH3 is 2. The van der Waals surface area contributed by atoms with Crippen molar-refractivity contribution < 1.29 is 19.4 Å². The highest BCUT2D eigenvalue weighted by molar-refractivity contribution is 6.33. The number of rotatable bonds is 5. The van der Waals surface area contributed by atoms with Crippen LogP contribution in [0.4, 0.5) is 0 Å². The van der Waals surface area contributed by atoms with Crippen molar-refractivity contribution in [2.45, 2.75) is 31.6 Å². The maximum absolute atomic E-state index is 11.5. The summed E-state index contributed by atoms with van der Waals surface area (Å²) in [7, 11) is 3.04. The van der Waals surface area contributed by atoms with E-state index in [2.05, 4.69) is 0 Å². The smallest absolute Gasteiger partial charge is 0.314 e. The average molecular weight is 285 g/mol. The molecule has 0 saturated heterocycles. The quantitative estimate of drug-likeness (QED) is 0.903. The van der Waals surface area contributed by atoms with Crippen LogP contribution in [0.3, 0.4) is 0 Å². The monoisotopic (exact) mass is 284 g/mol. The van der Waals surface area contributed by atoms with Crippen LogP contribution in [0.2, 0.25) is 5.02 Å². The normalized spacial score (nSPS) is 16.0. The molecule has 1 aliphatic carbocycles. The molecule has 0 spiro atoms. The maximum Gasteiger partial charge on any atom is 0.314 e. The molecular weight excluding hydrogens is 268 g/mol. The third-order valence-corrected chi connectivity index (χ3v) is 4.13. The van der Waals surface area contributed by atoms with Crippen molar-refractivity contribution in [3.05, 3.63) is 22.2 Å². The lowest BCUT2D eigenvalue weighted by atomic mass is 9.92. The summed E-state index contributed by atoms with van der Waals surface area (Å²) < 4.78 is 10.7. The van der Waals surface area contributed by atoms with Crippen LogP contribution in [0.25, 0.3) is 0 Å². The lowest BCUT2D eigenvalue weighted by Crippen LogP contribution is -2.21. The summed E-state index contributed by atoms with van der Waals surface area (Å²) in [6.45, 7) is 1.97. The van der Waals surface area contributed by atoms with E-state index in [1.165, 1.54) is 14.2 Å². The number of ether oxygens (including phenoxy) is 2. The molecule has 1 saturated carbocycles. The Balaban J connectivity index is 2.73. The third kappa shape index (κ3) is 2.04. The first-order chi connectivity index (χ1) is 9.01. The van der Waals surface area contributed by atoms with Gasteiger partial charge in [0.05, 0.1) is 24.7 Å². The van der Waals surface area contributed by atoms with Crippen molar-refractivity contribution in [1.29, 1.82) is 0 Å². The van der Waals surface area contributed by atoms with Gasteiger partial charge in [-0.2, -0.15) is 0 Å². The summed E-state index contributed by atoms with van der Waals surface area (Å²) in [4.78, 5) is 11.5. The molecule has 1 aliphatic rings. The Kier molecular flexibility index (Phi) is 3.63. The van der Waals surface area contributed by atoms with Crippen molar-refractivity contribution in [1.82, 2.24) is 0 Å². The lowest BCUT2D eigenvalue weighted by Gasteiger charge is -2.21. The Hall–Kier alpha value is -1.42. The Bertz CT molecular complexity index is 521. The Labute approximate surface area is 117 Å². The first-order valence-electron chi connectivity index (χ1n) is 6.19. The number of carboxylic acids is 1. The summed E-state index contributed by atoms with van der Waals surface area (Å²) in [5, 5.41) is 9.96. The van der Waals surface area contributed by atoms with Gasteiger partial charge in [-0.05, 0) is 30.9 Å². The minimum absolute atomic E-state index is 0.435. The van der Waals surface area contributed by atoms with E-state index < -0.39 is 11.4 Å². The Morgan fingerprint density at radius 1 is 1.42 bits per heavy atom. The molecule has 1 aromatic rings. The molecule has 1 fully saturated rings. The van der Waals surface area contributed by atoms with E-state index in [0.29, 0.717) is 41.3 Å². The van der Waals surface area contributed by atoms with E-state index in [0.717, 1.165) is 5.56 Å². The van der Waals surface area contributed by atoms with Crippen LogP contribution >= 0.6 is 11.6 Å². The van der Waals surface area contributed by atoms with Gasteiger partial charge < -0.3 is 14.6 Å². The summed E-state index contributed by atoms with van der Waals surface area (Å²) in [5.41, 5.74) is 0.517. The van der Waals surface area contributed by atoms with Crippen molar-refractivity contribution in [3.8, 4) is 11.5 Å².